The fourth-order valence-electron chi connectivity index (χ4n) is 1.35. The zero-order valence-corrected chi connectivity index (χ0v) is 13.2. The van der Waals surface area contributed by atoms with Gasteiger partial charge in [0.05, 0.1) is 0 Å². The van der Waals surface area contributed by atoms with Gasteiger partial charge in [-0.3, -0.25) is 4.79 Å². The second-order valence-electron chi connectivity index (χ2n) is 4.14. The highest BCUT2D eigenvalue weighted by Gasteiger charge is 2.02. The molecule has 98 valence electrons. The summed E-state index contributed by atoms with van der Waals surface area (Å²) in [5.41, 5.74) is 2.59. The summed E-state index contributed by atoms with van der Waals surface area (Å²) in [5.74, 6) is 0.857. The van der Waals surface area contributed by atoms with Crippen molar-refractivity contribution in [3.63, 3.8) is 0 Å². The van der Waals surface area contributed by atoms with Crippen molar-refractivity contribution in [3.05, 3.63) is 40.4 Å². The minimum atomic E-state index is 0.0620. The van der Waals surface area contributed by atoms with Gasteiger partial charge in [0.15, 0.2) is 0 Å². The van der Waals surface area contributed by atoms with E-state index in [2.05, 4.69) is 59.9 Å². The molecular weight excluding hydrogens is 310 g/mol. The van der Waals surface area contributed by atoms with Crippen molar-refractivity contribution < 1.29 is 4.79 Å². The van der Waals surface area contributed by atoms with Gasteiger partial charge in [0, 0.05) is 28.1 Å². The van der Waals surface area contributed by atoms with Crippen molar-refractivity contribution in [2.75, 3.05) is 12.3 Å². The van der Waals surface area contributed by atoms with Crippen LogP contribution in [-0.4, -0.2) is 18.2 Å². The van der Waals surface area contributed by atoms with Gasteiger partial charge in [-0.1, -0.05) is 28.6 Å². The molecule has 0 aromatic heterocycles. The molecule has 0 aliphatic carbocycles. The van der Waals surface area contributed by atoms with Gasteiger partial charge in [-0.05, 0) is 37.1 Å². The Morgan fingerprint density at radius 2 is 2.11 bits per heavy atom. The number of amides is 1. The molecule has 0 saturated carbocycles. The number of hydrogen-bond acceptors (Lipinski definition) is 2. The highest BCUT2D eigenvalue weighted by molar-refractivity contribution is 9.11. The van der Waals surface area contributed by atoms with Gasteiger partial charge in [0.1, 0.15) is 0 Å². The molecule has 2 nitrogen and oxygen atoms in total. The molecule has 0 spiro atoms. The summed E-state index contributed by atoms with van der Waals surface area (Å²) in [6.07, 6.45) is 0.526. The molecule has 0 radical (unpaired) electrons. The molecular formula is C14H18BrNOS. The third kappa shape index (κ3) is 5.74. The summed E-state index contributed by atoms with van der Waals surface area (Å²) in [6.45, 7) is 8.37. The molecule has 0 fully saturated rings. The topological polar surface area (TPSA) is 29.1 Å². The Morgan fingerprint density at radius 3 is 2.72 bits per heavy atom. The Bertz CT molecular complexity index is 445. The van der Waals surface area contributed by atoms with Crippen LogP contribution in [0.15, 0.2) is 34.2 Å². The summed E-state index contributed by atoms with van der Waals surface area (Å²) in [4.78, 5) is 12.7. The Morgan fingerprint density at radius 1 is 1.39 bits per heavy atom. The van der Waals surface area contributed by atoms with Crippen LogP contribution in [0.1, 0.15) is 17.5 Å². The summed E-state index contributed by atoms with van der Waals surface area (Å²) in [5, 5.41) is 2.79. The van der Waals surface area contributed by atoms with Gasteiger partial charge in [0.2, 0.25) is 5.91 Å². The van der Waals surface area contributed by atoms with Crippen LogP contribution in [0.25, 0.3) is 0 Å². The third-order valence-electron chi connectivity index (χ3n) is 2.55. The number of rotatable bonds is 6. The molecule has 0 bridgehead atoms. The Kier molecular flexibility index (Phi) is 6.50. The largest absolute Gasteiger partial charge is 0.351 e. The minimum absolute atomic E-state index is 0.0620. The smallest absolute Gasteiger partial charge is 0.221 e. The van der Waals surface area contributed by atoms with Gasteiger partial charge in [-0.25, -0.2) is 0 Å². The molecule has 4 heteroatoms. The number of aryl methyl sites for hydroxylation is 2. The maximum absolute atomic E-state index is 11.5. The lowest BCUT2D eigenvalue weighted by molar-refractivity contribution is -0.120. The van der Waals surface area contributed by atoms with Crippen LogP contribution in [-0.2, 0) is 4.79 Å². The van der Waals surface area contributed by atoms with Gasteiger partial charge in [0.25, 0.3) is 0 Å². The molecule has 1 rings (SSSR count). The third-order valence-corrected chi connectivity index (χ3v) is 3.83. The van der Waals surface area contributed by atoms with Crippen LogP contribution in [0.4, 0.5) is 0 Å². The van der Waals surface area contributed by atoms with Gasteiger partial charge >= 0.3 is 0 Å². The number of carbonyl (C=O) groups excluding carboxylic acids is 1. The van der Waals surface area contributed by atoms with Crippen LogP contribution in [0.2, 0.25) is 0 Å². The maximum Gasteiger partial charge on any atom is 0.221 e. The van der Waals surface area contributed by atoms with Crippen LogP contribution in [0.5, 0.6) is 0 Å². The van der Waals surface area contributed by atoms with Crippen molar-refractivity contribution in [2.45, 2.75) is 25.2 Å². The normalized spacial score (nSPS) is 10.2. The number of thioether (sulfide) groups is 1. The highest BCUT2D eigenvalue weighted by Crippen LogP contribution is 2.21. The van der Waals surface area contributed by atoms with Crippen molar-refractivity contribution in [1.29, 1.82) is 0 Å². The standard InChI is InChI=1S/C14H18BrNOS/c1-10-4-5-13(8-11(10)2)18-7-6-14(17)16-9-12(3)15/h4-5,8H,3,6-7,9H2,1-2H3,(H,16,17). The van der Waals surface area contributed by atoms with Gasteiger partial charge < -0.3 is 5.32 Å². The molecule has 0 atom stereocenters. The minimum Gasteiger partial charge on any atom is -0.351 e. The lowest BCUT2D eigenvalue weighted by Gasteiger charge is -2.06. The van der Waals surface area contributed by atoms with Crippen LogP contribution in [0, 0.1) is 13.8 Å². The molecule has 0 unspecified atom stereocenters. The summed E-state index contributed by atoms with van der Waals surface area (Å²) in [6, 6.07) is 6.38. The maximum atomic E-state index is 11.5. The lowest BCUT2D eigenvalue weighted by atomic mass is 10.1. The first-order chi connectivity index (χ1) is 8.49. The van der Waals surface area contributed by atoms with E-state index in [1.807, 2.05) is 0 Å². The average molecular weight is 328 g/mol. The molecule has 1 aromatic rings. The molecule has 0 aliphatic heterocycles. The molecule has 1 N–H and O–H groups in total. The van der Waals surface area contributed by atoms with Crippen molar-refractivity contribution >= 4 is 33.6 Å². The molecule has 0 heterocycles. The van der Waals surface area contributed by atoms with E-state index in [1.54, 1.807) is 11.8 Å². The number of carbonyl (C=O) groups is 1. The van der Waals surface area contributed by atoms with E-state index >= 15 is 0 Å². The van der Waals surface area contributed by atoms with Crippen LogP contribution in [0.3, 0.4) is 0 Å². The van der Waals surface area contributed by atoms with Crippen LogP contribution >= 0.6 is 27.7 Å². The first kappa shape index (κ1) is 15.3. The van der Waals surface area contributed by atoms with E-state index in [-0.39, 0.29) is 5.91 Å². The predicted molar refractivity (Wildman–Crippen MR) is 82.3 cm³/mol. The Hall–Kier alpha value is -0.740. The molecule has 18 heavy (non-hydrogen) atoms. The zero-order valence-electron chi connectivity index (χ0n) is 10.8. The highest BCUT2D eigenvalue weighted by atomic mass is 79.9. The average Bonchev–Trinajstić information content (AvgIpc) is 2.31. The van der Waals surface area contributed by atoms with E-state index in [9.17, 15) is 4.79 Å². The van der Waals surface area contributed by atoms with E-state index in [4.69, 9.17) is 0 Å². The lowest BCUT2D eigenvalue weighted by Crippen LogP contribution is -2.24. The van der Waals surface area contributed by atoms with E-state index in [1.165, 1.54) is 16.0 Å². The SMILES string of the molecule is C=C(Br)CNC(=O)CCSc1ccc(C)c(C)c1. The number of nitrogens with one attached hydrogen (secondary N) is 1. The summed E-state index contributed by atoms with van der Waals surface area (Å²) >= 11 is 4.92. The second-order valence-corrected chi connectivity index (χ2v) is 6.43. The molecule has 1 amide bonds. The van der Waals surface area contributed by atoms with Crippen molar-refractivity contribution in [1.82, 2.24) is 5.32 Å². The Labute approximate surface area is 121 Å². The van der Waals surface area contributed by atoms with Gasteiger partial charge in [-0.15, -0.1) is 11.8 Å². The molecule has 1 aromatic carbocycles. The number of hydrogen-bond donors (Lipinski definition) is 1. The number of benzene rings is 1. The predicted octanol–water partition coefficient (Wildman–Crippen LogP) is 3.81. The summed E-state index contributed by atoms with van der Waals surface area (Å²) in [7, 11) is 0. The van der Waals surface area contributed by atoms with Crippen molar-refractivity contribution in [2.24, 2.45) is 0 Å². The first-order valence-corrected chi connectivity index (χ1v) is 7.57. The quantitative estimate of drug-likeness (QED) is 0.805. The van der Waals surface area contributed by atoms with Gasteiger partial charge in [-0.2, -0.15) is 0 Å². The molecule has 0 saturated heterocycles. The van der Waals surface area contributed by atoms with Crippen LogP contribution < -0.4 is 5.32 Å². The first-order valence-electron chi connectivity index (χ1n) is 5.79. The monoisotopic (exact) mass is 327 g/mol. The number of halogens is 1. The Balaban J connectivity index is 2.30. The second kappa shape index (κ2) is 7.64. The van der Waals surface area contributed by atoms with E-state index < -0.39 is 0 Å². The van der Waals surface area contributed by atoms with E-state index in [0.29, 0.717) is 13.0 Å². The fourth-order valence-corrected chi connectivity index (χ4v) is 2.44. The fraction of sp³-hybridized carbons (Fsp3) is 0.357. The van der Waals surface area contributed by atoms with Crippen molar-refractivity contribution in [3.8, 4) is 0 Å². The summed E-state index contributed by atoms with van der Waals surface area (Å²) < 4.78 is 0.790. The van der Waals surface area contributed by atoms with E-state index in [0.717, 1.165) is 10.2 Å². The molecule has 0 aliphatic rings. The zero-order chi connectivity index (χ0) is 13.5.